The summed E-state index contributed by atoms with van der Waals surface area (Å²) in [6, 6.07) is 7.92. The normalized spacial score (nSPS) is 21.6. The van der Waals surface area contributed by atoms with Gasteiger partial charge in [-0.25, -0.2) is 0 Å². The molecule has 1 aromatic carbocycles. The number of carbonyl (C=O) groups excluding carboxylic acids is 1. The molecule has 0 unspecified atom stereocenters. The summed E-state index contributed by atoms with van der Waals surface area (Å²) in [6.45, 7) is 0. The molecule has 108 valence electrons. The minimum absolute atomic E-state index is 0.000939. The maximum Gasteiger partial charge on any atom is 0.306 e. The molecular formula is C15H18BrNO3. The van der Waals surface area contributed by atoms with Gasteiger partial charge in [-0.1, -0.05) is 28.1 Å². The number of halogens is 1. The molecule has 1 aliphatic carbocycles. The van der Waals surface area contributed by atoms with Crippen molar-refractivity contribution >= 4 is 27.8 Å². The molecule has 0 heterocycles. The number of aliphatic carboxylic acids is 1. The lowest BCUT2D eigenvalue weighted by Crippen LogP contribution is -2.33. The largest absolute Gasteiger partial charge is 0.481 e. The Morgan fingerprint density at radius 2 is 2.15 bits per heavy atom. The first-order chi connectivity index (χ1) is 9.54. The molecule has 1 amide bonds. The summed E-state index contributed by atoms with van der Waals surface area (Å²) in [6.07, 6.45) is 3.11. The highest BCUT2D eigenvalue weighted by Gasteiger charge is 2.30. The number of benzene rings is 1. The molecule has 2 N–H and O–H groups in total. The Kier molecular flexibility index (Phi) is 5.17. The molecule has 1 saturated carbocycles. The van der Waals surface area contributed by atoms with Crippen LogP contribution >= 0.6 is 15.9 Å². The Bertz CT molecular complexity index is 504. The third-order valence-corrected chi connectivity index (χ3v) is 4.17. The second kappa shape index (κ2) is 6.88. The fourth-order valence-corrected chi connectivity index (χ4v) is 3.03. The van der Waals surface area contributed by atoms with E-state index in [0.717, 1.165) is 16.5 Å². The first-order valence-corrected chi connectivity index (χ1v) is 7.60. The van der Waals surface area contributed by atoms with Crippen LogP contribution in [-0.2, 0) is 16.0 Å². The van der Waals surface area contributed by atoms with Crippen LogP contribution < -0.4 is 5.32 Å². The van der Waals surface area contributed by atoms with Crippen molar-refractivity contribution in [3.63, 3.8) is 0 Å². The molecular weight excluding hydrogens is 322 g/mol. The molecule has 4 nitrogen and oxygen atoms in total. The molecule has 0 spiro atoms. The van der Waals surface area contributed by atoms with Gasteiger partial charge in [-0.2, -0.15) is 0 Å². The zero-order valence-electron chi connectivity index (χ0n) is 11.1. The van der Waals surface area contributed by atoms with Crippen LogP contribution in [0.25, 0.3) is 0 Å². The van der Waals surface area contributed by atoms with Gasteiger partial charge >= 0.3 is 5.97 Å². The van der Waals surface area contributed by atoms with Crippen molar-refractivity contribution in [2.24, 2.45) is 5.92 Å². The van der Waals surface area contributed by atoms with E-state index in [2.05, 4.69) is 21.2 Å². The van der Waals surface area contributed by atoms with Gasteiger partial charge in [0.05, 0.1) is 5.92 Å². The monoisotopic (exact) mass is 339 g/mol. The highest BCUT2D eigenvalue weighted by Crippen LogP contribution is 2.25. The van der Waals surface area contributed by atoms with Crippen LogP contribution in [0.2, 0.25) is 0 Å². The molecule has 5 heteroatoms. The van der Waals surface area contributed by atoms with Crippen molar-refractivity contribution in [1.82, 2.24) is 5.32 Å². The average Bonchev–Trinajstić information content (AvgIpc) is 2.85. The van der Waals surface area contributed by atoms with Crippen molar-refractivity contribution in [2.75, 3.05) is 0 Å². The van der Waals surface area contributed by atoms with E-state index in [1.54, 1.807) is 0 Å². The lowest BCUT2D eigenvalue weighted by Gasteiger charge is -2.12. The minimum atomic E-state index is -0.754. The second-order valence-corrected chi connectivity index (χ2v) is 6.16. The van der Waals surface area contributed by atoms with Gasteiger partial charge in [-0.05, 0) is 43.4 Å². The fraction of sp³-hybridized carbons (Fsp3) is 0.467. The Hall–Kier alpha value is -1.36. The van der Waals surface area contributed by atoms with Gasteiger partial charge < -0.3 is 10.4 Å². The number of aryl methyl sites for hydroxylation is 1. The highest BCUT2D eigenvalue weighted by atomic mass is 79.9. The van der Waals surface area contributed by atoms with Crippen LogP contribution in [0.3, 0.4) is 0 Å². The standard InChI is InChI=1S/C15H18BrNO3/c16-12-3-1-2-10(8-12)4-7-14(18)17-13-6-5-11(9-13)15(19)20/h1-3,8,11,13H,4-7,9H2,(H,17,18)(H,19,20)/t11-,13+/m0/s1. The summed E-state index contributed by atoms with van der Waals surface area (Å²) in [4.78, 5) is 22.7. The summed E-state index contributed by atoms with van der Waals surface area (Å²) >= 11 is 3.40. The molecule has 2 rings (SSSR count). The number of amides is 1. The van der Waals surface area contributed by atoms with E-state index < -0.39 is 5.97 Å². The molecule has 0 aliphatic heterocycles. The van der Waals surface area contributed by atoms with Crippen molar-refractivity contribution in [2.45, 2.75) is 38.1 Å². The van der Waals surface area contributed by atoms with Crippen LogP contribution in [0.15, 0.2) is 28.7 Å². The summed E-state index contributed by atoms with van der Waals surface area (Å²) in [5.74, 6) is -1.05. The number of rotatable bonds is 5. The third-order valence-electron chi connectivity index (χ3n) is 3.68. The molecule has 1 fully saturated rings. The predicted molar refractivity (Wildman–Crippen MR) is 79.4 cm³/mol. The van der Waals surface area contributed by atoms with Crippen LogP contribution in [0.1, 0.15) is 31.2 Å². The Balaban J connectivity index is 1.75. The lowest BCUT2D eigenvalue weighted by molar-refractivity contribution is -0.141. The summed E-state index contributed by atoms with van der Waals surface area (Å²) in [5.41, 5.74) is 1.12. The summed E-state index contributed by atoms with van der Waals surface area (Å²) < 4.78 is 1.01. The van der Waals surface area contributed by atoms with Gasteiger partial charge in [-0.3, -0.25) is 9.59 Å². The summed E-state index contributed by atoms with van der Waals surface area (Å²) in [7, 11) is 0. The van der Waals surface area contributed by atoms with Crippen LogP contribution in [0.4, 0.5) is 0 Å². The number of carbonyl (C=O) groups is 2. The summed E-state index contributed by atoms with van der Waals surface area (Å²) in [5, 5.41) is 11.9. The van der Waals surface area contributed by atoms with Crippen molar-refractivity contribution in [1.29, 1.82) is 0 Å². The topological polar surface area (TPSA) is 66.4 Å². The first-order valence-electron chi connectivity index (χ1n) is 6.81. The van der Waals surface area contributed by atoms with Crippen LogP contribution in [-0.4, -0.2) is 23.0 Å². The quantitative estimate of drug-likeness (QED) is 0.866. The molecule has 1 aromatic rings. The van der Waals surface area contributed by atoms with Crippen molar-refractivity contribution in [3.8, 4) is 0 Å². The van der Waals surface area contributed by atoms with E-state index in [4.69, 9.17) is 5.11 Å². The van der Waals surface area contributed by atoms with Crippen LogP contribution in [0, 0.1) is 5.92 Å². The van der Waals surface area contributed by atoms with E-state index in [1.807, 2.05) is 24.3 Å². The molecule has 2 atom stereocenters. The highest BCUT2D eigenvalue weighted by molar-refractivity contribution is 9.10. The van der Waals surface area contributed by atoms with Gasteiger partial charge in [0.25, 0.3) is 0 Å². The third kappa shape index (κ3) is 4.34. The Morgan fingerprint density at radius 1 is 1.35 bits per heavy atom. The average molecular weight is 340 g/mol. The Labute approximate surface area is 126 Å². The van der Waals surface area contributed by atoms with E-state index >= 15 is 0 Å². The van der Waals surface area contributed by atoms with Gasteiger partial charge in [0, 0.05) is 16.9 Å². The molecule has 0 aromatic heterocycles. The fourth-order valence-electron chi connectivity index (χ4n) is 2.59. The second-order valence-electron chi connectivity index (χ2n) is 5.24. The molecule has 0 bridgehead atoms. The first kappa shape index (κ1) is 15.0. The van der Waals surface area contributed by atoms with E-state index in [0.29, 0.717) is 25.7 Å². The maximum atomic E-state index is 11.9. The number of hydrogen-bond acceptors (Lipinski definition) is 2. The maximum absolute atomic E-state index is 11.9. The van der Waals surface area contributed by atoms with Gasteiger partial charge in [0.2, 0.25) is 5.91 Å². The number of nitrogens with one attached hydrogen (secondary N) is 1. The molecule has 1 aliphatic rings. The molecule has 0 radical (unpaired) electrons. The zero-order chi connectivity index (χ0) is 14.5. The number of carboxylic acid groups (broad SMARTS) is 1. The molecule has 0 saturated heterocycles. The van der Waals surface area contributed by atoms with Gasteiger partial charge in [0.15, 0.2) is 0 Å². The SMILES string of the molecule is O=C(CCc1cccc(Br)c1)N[C@@H]1CC[C@H](C(=O)O)C1. The zero-order valence-corrected chi connectivity index (χ0v) is 12.7. The smallest absolute Gasteiger partial charge is 0.306 e. The van der Waals surface area contributed by atoms with Crippen molar-refractivity contribution < 1.29 is 14.7 Å². The Morgan fingerprint density at radius 3 is 2.80 bits per heavy atom. The predicted octanol–water partition coefficient (Wildman–Crippen LogP) is 2.75. The van der Waals surface area contributed by atoms with E-state index in [-0.39, 0.29) is 17.9 Å². The van der Waals surface area contributed by atoms with Gasteiger partial charge in [-0.15, -0.1) is 0 Å². The number of carboxylic acids is 1. The number of hydrogen-bond donors (Lipinski definition) is 2. The lowest BCUT2D eigenvalue weighted by atomic mass is 10.1. The van der Waals surface area contributed by atoms with E-state index in [1.165, 1.54) is 0 Å². The minimum Gasteiger partial charge on any atom is -0.481 e. The molecule has 20 heavy (non-hydrogen) atoms. The van der Waals surface area contributed by atoms with Gasteiger partial charge in [0.1, 0.15) is 0 Å². The van der Waals surface area contributed by atoms with E-state index in [9.17, 15) is 9.59 Å². The van der Waals surface area contributed by atoms with Crippen molar-refractivity contribution in [3.05, 3.63) is 34.3 Å². The van der Waals surface area contributed by atoms with Crippen LogP contribution in [0.5, 0.6) is 0 Å².